The highest BCUT2D eigenvalue weighted by Gasteiger charge is 2.08. The van der Waals surface area contributed by atoms with Gasteiger partial charge in [-0.25, -0.2) is 9.50 Å². The number of aromatic nitrogens is 7. The zero-order valence-corrected chi connectivity index (χ0v) is 11.2. The lowest BCUT2D eigenvalue weighted by atomic mass is 10.1. The fraction of sp³-hybridized carbons (Fsp3) is 0.0714. The fourth-order valence-electron chi connectivity index (χ4n) is 2.22. The summed E-state index contributed by atoms with van der Waals surface area (Å²) in [6.07, 6.45) is 3.56. The van der Waals surface area contributed by atoms with Crippen LogP contribution in [0.5, 0.6) is 0 Å². The molecule has 0 spiro atoms. The van der Waals surface area contributed by atoms with E-state index in [1.807, 2.05) is 47.1 Å². The van der Waals surface area contributed by atoms with Crippen molar-refractivity contribution in [1.29, 1.82) is 0 Å². The molecule has 0 aliphatic rings. The first-order valence-corrected chi connectivity index (χ1v) is 6.45. The van der Waals surface area contributed by atoms with Crippen molar-refractivity contribution in [3.8, 4) is 22.6 Å². The summed E-state index contributed by atoms with van der Waals surface area (Å²) in [5.41, 5.74) is 3.74. The molecule has 0 aliphatic carbocycles. The minimum Gasteiger partial charge on any atom is -0.235 e. The summed E-state index contributed by atoms with van der Waals surface area (Å²) in [4.78, 5) is 5.78. The van der Waals surface area contributed by atoms with Gasteiger partial charge in [-0.1, -0.05) is 24.3 Å². The Kier molecular flexibility index (Phi) is 2.50. The molecule has 0 radical (unpaired) electrons. The van der Waals surface area contributed by atoms with Crippen molar-refractivity contribution in [3.05, 3.63) is 48.8 Å². The molecule has 0 fully saturated rings. The number of tetrazole rings is 1. The van der Waals surface area contributed by atoms with Crippen LogP contribution in [0.15, 0.2) is 48.8 Å². The van der Waals surface area contributed by atoms with Crippen LogP contribution in [0, 0.1) is 0 Å². The van der Waals surface area contributed by atoms with Gasteiger partial charge in [0.25, 0.3) is 0 Å². The van der Waals surface area contributed by atoms with Crippen molar-refractivity contribution in [3.63, 3.8) is 0 Å². The van der Waals surface area contributed by atoms with Crippen LogP contribution in [0.25, 0.3) is 28.3 Å². The van der Waals surface area contributed by atoms with Gasteiger partial charge in [0.15, 0.2) is 5.65 Å². The molecule has 4 rings (SSSR count). The number of fused-ring (bicyclic) bond motifs is 1. The Labute approximate surface area is 119 Å². The van der Waals surface area contributed by atoms with Crippen LogP contribution in [0.1, 0.15) is 0 Å². The van der Waals surface area contributed by atoms with E-state index in [2.05, 4.69) is 25.5 Å². The Morgan fingerprint density at radius 2 is 1.81 bits per heavy atom. The third-order valence-corrected chi connectivity index (χ3v) is 3.22. The van der Waals surface area contributed by atoms with Crippen LogP contribution in [-0.4, -0.2) is 34.8 Å². The van der Waals surface area contributed by atoms with Crippen LogP contribution in [0.2, 0.25) is 0 Å². The van der Waals surface area contributed by atoms with Crippen molar-refractivity contribution in [2.75, 3.05) is 0 Å². The molecule has 3 heterocycles. The van der Waals surface area contributed by atoms with E-state index in [4.69, 9.17) is 0 Å². The maximum atomic E-state index is 4.34. The molecular formula is C14H11N7. The molecule has 102 valence electrons. The molecule has 21 heavy (non-hydrogen) atoms. The molecule has 0 N–H and O–H groups in total. The minimum atomic E-state index is 0.611. The molecule has 1 aromatic carbocycles. The van der Waals surface area contributed by atoms with E-state index in [-0.39, 0.29) is 0 Å². The van der Waals surface area contributed by atoms with E-state index < -0.39 is 0 Å². The number of aryl methyl sites for hydroxylation is 1. The monoisotopic (exact) mass is 277 g/mol. The molecule has 7 nitrogen and oxygen atoms in total. The maximum absolute atomic E-state index is 4.34. The summed E-state index contributed by atoms with van der Waals surface area (Å²) < 4.78 is 1.82. The average molecular weight is 277 g/mol. The SMILES string of the molecule is Cn1nnc(-c2ccc(-c3cnc4cccnn34)cc2)n1. The molecule has 4 aromatic rings. The zero-order chi connectivity index (χ0) is 14.2. The summed E-state index contributed by atoms with van der Waals surface area (Å²) in [5, 5.41) is 16.3. The lowest BCUT2D eigenvalue weighted by Gasteiger charge is -2.01. The van der Waals surface area contributed by atoms with E-state index in [0.717, 1.165) is 22.5 Å². The van der Waals surface area contributed by atoms with Crippen LogP contribution in [0.3, 0.4) is 0 Å². The van der Waals surface area contributed by atoms with Gasteiger partial charge in [0.2, 0.25) is 5.82 Å². The number of hydrogen-bond donors (Lipinski definition) is 0. The Morgan fingerprint density at radius 3 is 2.57 bits per heavy atom. The molecule has 0 aliphatic heterocycles. The Hall–Kier alpha value is -3.09. The molecule has 0 amide bonds. The van der Waals surface area contributed by atoms with E-state index in [1.165, 1.54) is 4.80 Å². The summed E-state index contributed by atoms with van der Waals surface area (Å²) in [6, 6.07) is 11.7. The zero-order valence-electron chi connectivity index (χ0n) is 11.2. The average Bonchev–Trinajstić information content (AvgIpc) is 3.14. The van der Waals surface area contributed by atoms with E-state index in [9.17, 15) is 0 Å². The van der Waals surface area contributed by atoms with E-state index in [0.29, 0.717) is 5.82 Å². The molecule has 0 saturated heterocycles. The van der Waals surface area contributed by atoms with Crippen LogP contribution >= 0.6 is 0 Å². The number of imidazole rings is 1. The second-order valence-electron chi connectivity index (χ2n) is 4.62. The minimum absolute atomic E-state index is 0.611. The highest BCUT2D eigenvalue weighted by atomic mass is 15.6. The van der Waals surface area contributed by atoms with Gasteiger partial charge in [-0.3, -0.25) is 0 Å². The predicted molar refractivity (Wildman–Crippen MR) is 76.2 cm³/mol. The normalized spacial score (nSPS) is 11.1. The lowest BCUT2D eigenvalue weighted by molar-refractivity contribution is 0.630. The van der Waals surface area contributed by atoms with Gasteiger partial charge >= 0.3 is 0 Å². The molecular weight excluding hydrogens is 266 g/mol. The second-order valence-corrected chi connectivity index (χ2v) is 4.62. The van der Waals surface area contributed by atoms with Crippen LogP contribution < -0.4 is 0 Å². The van der Waals surface area contributed by atoms with E-state index in [1.54, 1.807) is 13.2 Å². The third-order valence-electron chi connectivity index (χ3n) is 3.22. The Bertz CT molecular complexity index is 904. The number of rotatable bonds is 2. The van der Waals surface area contributed by atoms with Crippen molar-refractivity contribution in [1.82, 2.24) is 34.8 Å². The quantitative estimate of drug-likeness (QED) is 0.556. The highest BCUT2D eigenvalue weighted by molar-refractivity contribution is 5.66. The van der Waals surface area contributed by atoms with Crippen LogP contribution in [-0.2, 0) is 7.05 Å². The van der Waals surface area contributed by atoms with Crippen molar-refractivity contribution in [2.45, 2.75) is 0 Å². The highest BCUT2D eigenvalue weighted by Crippen LogP contribution is 2.23. The van der Waals surface area contributed by atoms with Gasteiger partial charge in [-0.05, 0) is 17.3 Å². The number of nitrogens with zero attached hydrogens (tertiary/aromatic N) is 7. The summed E-state index contributed by atoms with van der Waals surface area (Å²) in [6.45, 7) is 0. The van der Waals surface area contributed by atoms with Gasteiger partial charge in [-0.15, -0.1) is 10.2 Å². The van der Waals surface area contributed by atoms with Gasteiger partial charge < -0.3 is 0 Å². The second kappa shape index (κ2) is 4.48. The molecule has 3 aromatic heterocycles. The third kappa shape index (κ3) is 1.95. The predicted octanol–water partition coefficient (Wildman–Crippen LogP) is 1.59. The number of benzene rings is 1. The van der Waals surface area contributed by atoms with Crippen LogP contribution in [0.4, 0.5) is 0 Å². The van der Waals surface area contributed by atoms with Crippen molar-refractivity contribution < 1.29 is 0 Å². The summed E-state index contributed by atoms with van der Waals surface area (Å²) in [5.74, 6) is 0.611. The molecule has 0 atom stereocenters. The first-order valence-electron chi connectivity index (χ1n) is 6.45. The molecule has 0 bridgehead atoms. The number of hydrogen-bond acceptors (Lipinski definition) is 5. The fourth-order valence-corrected chi connectivity index (χ4v) is 2.22. The standard InChI is InChI=1S/C14H11N7/c1-20-18-14(17-19-20)11-6-4-10(5-7-11)12-9-15-13-3-2-8-16-21(12)13/h2-9H,1H3. The lowest BCUT2D eigenvalue weighted by Crippen LogP contribution is -1.93. The van der Waals surface area contributed by atoms with Gasteiger partial charge in [0.05, 0.1) is 18.9 Å². The molecule has 0 saturated carbocycles. The first kappa shape index (κ1) is 11.7. The summed E-state index contributed by atoms with van der Waals surface area (Å²) >= 11 is 0. The molecule has 7 heteroatoms. The Balaban J connectivity index is 1.76. The molecule has 0 unspecified atom stereocenters. The van der Waals surface area contributed by atoms with E-state index >= 15 is 0 Å². The van der Waals surface area contributed by atoms with Gasteiger partial charge in [-0.2, -0.15) is 9.90 Å². The largest absolute Gasteiger partial charge is 0.235 e. The van der Waals surface area contributed by atoms with Gasteiger partial charge in [0, 0.05) is 17.3 Å². The Morgan fingerprint density at radius 1 is 1.00 bits per heavy atom. The maximum Gasteiger partial charge on any atom is 0.204 e. The first-order chi connectivity index (χ1) is 10.3. The smallest absolute Gasteiger partial charge is 0.204 e. The van der Waals surface area contributed by atoms with Crippen molar-refractivity contribution >= 4 is 5.65 Å². The van der Waals surface area contributed by atoms with Gasteiger partial charge in [0.1, 0.15) is 0 Å². The topological polar surface area (TPSA) is 73.8 Å². The van der Waals surface area contributed by atoms with Crippen molar-refractivity contribution in [2.24, 2.45) is 7.05 Å². The summed E-state index contributed by atoms with van der Waals surface area (Å²) in [7, 11) is 1.74.